The third-order valence-corrected chi connectivity index (χ3v) is 14.8. The van der Waals surface area contributed by atoms with Gasteiger partial charge in [0.1, 0.15) is 0 Å². The standard InChI is InChI=1S/C69H43N5O/c1-4-19-44(20-5-1)48-25-18-26-50(43-48)74-62-34-17-15-30-54(62)56-40-42-58-57-41-39-55-53-29-14-16-33-61(53)73(63(55)65(57)75-66(58)64(56)74)49-37-35-47(36-38-49)67-70-68(59-31-12-10-27-51(59)45-21-6-2-7-22-45)72-69(71-67)60-32-13-11-28-52(60)46-23-8-3-9-24-46/h1-43H. The molecule has 6 heteroatoms. The van der Waals surface area contributed by atoms with Crippen LogP contribution in [0.4, 0.5) is 0 Å². The quantitative estimate of drug-likeness (QED) is 0.152. The second kappa shape index (κ2) is 17.3. The SMILES string of the molecule is c1ccc(-c2cccc(-n3c4ccccc4c4ccc5c6ccc7c8ccccc8n(-c8ccc(-c9nc(-c%10ccccc%10-c%10ccccc%10)nc(-c%10ccccc%10-c%10ccccc%10)n9)cc8)c7c6oc5c43)c2)cc1. The number of furan rings is 1. The Hall–Kier alpha value is -10.2. The highest BCUT2D eigenvalue weighted by Crippen LogP contribution is 2.45. The predicted octanol–water partition coefficient (Wildman–Crippen LogP) is 18.0. The molecule has 0 fully saturated rings. The van der Waals surface area contributed by atoms with Crippen molar-refractivity contribution in [3.8, 4) is 78.9 Å². The maximum absolute atomic E-state index is 7.40. The molecule has 0 saturated carbocycles. The average molecular weight is 958 g/mol. The second-order valence-electron chi connectivity index (χ2n) is 19.1. The number of hydrogen-bond donors (Lipinski definition) is 0. The lowest BCUT2D eigenvalue weighted by molar-refractivity contribution is 0.673. The van der Waals surface area contributed by atoms with E-state index in [0.717, 1.165) is 116 Å². The molecule has 6 nitrogen and oxygen atoms in total. The second-order valence-corrected chi connectivity index (χ2v) is 19.1. The Morgan fingerprint density at radius 1 is 0.253 bits per heavy atom. The van der Waals surface area contributed by atoms with Crippen LogP contribution in [0.15, 0.2) is 265 Å². The summed E-state index contributed by atoms with van der Waals surface area (Å²) in [6.07, 6.45) is 0. The van der Waals surface area contributed by atoms with Gasteiger partial charge in [0.25, 0.3) is 0 Å². The Kier molecular flexibility index (Phi) is 9.78. The first-order valence-electron chi connectivity index (χ1n) is 25.3. The number of aromatic nitrogens is 5. The van der Waals surface area contributed by atoms with Crippen molar-refractivity contribution in [1.29, 1.82) is 0 Å². The van der Waals surface area contributed by atoms with Gasteiger partial charge in [-0.15, -0.1) is 0 Å². The molecule has 350 valence electrons. The van der Waals surface area contributed by atoms with E-state index in [2.05, 4.69) is 258 Å². The number of para-hydroxylation sites is 2. The van der Waals surface area contributed by atoms with Crippen molar-refractivity contribution < 1.29 is 4.42 Å². The lowest BCUT2D eigenvalue weighted by atomic mass is 9.98. The molecular weight excluding hydrogens is 915 g/mol. The largest absolute Gasteiger partial charge is 0.452 e. The van der Waals surface area contributed by atoms with Crippen molar-refractivity contribution in [1.82, 2.24) is 24.1 Å². The summed E-state index contributed by atoms with van der Waals surface area (Å²) in [4.78, 5) is 15.9. The van der Waals surface area contributed by atoms with Gasteiger partial charge in [-0.1, -0.05) is 200 Å². The molecule has 4 heterocycles. The van der Waals surface area contributed by atoms with Crippen LogP contribution in [0.25, 0.3) is 144 Å². The van der Waals surface area contributed by atoms with Crippen molar-refractivity contribution in [2.75, 3.05) is 0 Å². The highest BCUT2D eigenvalue weighted by molar-refractivity contribution is 6.26. The summed E-state index contributed by atoms with van der Waals surface area (Å²) in [7, 11) is 0. The van der Waals surface area contributed by atoms with Crippen LogP contribution in [0.2, 0.25) is 0 Å². The molecule has 15 aromatic rings. The number of nitrogens with zero attached hydrogens (tertiary/aromatic N) is 5. The van der Waals surface area contributed by atoms with Crippen LogP contribution in [-0.4, -0.2) is 24.1 Å². The average Bonchev–Trinajstić information content (AvgIpc) is 4.26. The van der Waals surface area contributed by atoms with E-state index in [1.165, 1.54) is 10.9 Å². The van der Waals surface area contributed by atoms with Crippen LogP contribution in [0.3, 0.4) is 0 Å². The van der Waals surface area contributed by atoms with Gasteiger partial charge < -0.3 is 13.6 Å². The summed E-state index contributed by atoms with van der Waals surface area (Å²) in [6.45, 7) is 0. The Labute approximate surface area is 431 Å². The van der Waals surface area contributed by atoms with E-state index in [-0.39, 0.29) is 0 Å². The molecule has 11 aromatic carbocycles. The molecule has 0 aliphatic rings. The summed E-state index contributed by atoms with van der Waals surface area (Å²) in [6, 6.07) is 91.9. The molecule has 4 aromatic heterocycles. The zero-order valence-corrected chi connectivity index (χ0v) is 40.5. The fourth-order valence-electron chi connectivity index (χ4n) is 11.4. The van der Waals surface area contributed by atoms with E-state index in [4.69, 9.17) is 19.4 Å². The molecule has 75 heavy (non-hydrogen) atoms. The van der Waals surface area contributed by atoms with Crippen LogP contribution in [0.5, 0.6) is 0 Å². The minimum absolute atomic E-state index is 0.586. The number of hydrogen-bond acceptors (Lipinski definition) is 4. The molecule has 0 atom stereocenters. The molecular formula is C69H43N5O. The first-order valence-corrected chi connectivity index (χ1v) is 25.3. The van der Waals surface area contributed by atoms with Crippen LogP contribution in [-0.2, 0) is 0 Å². The van der Waals surface area contributed by atoms with Crippen LogP contribution < -0.4 is 0 Å². The van der Waals surface area contributed by atoms with Gasteiger partial charge in [-0.3, -0.25) is 0 Å². The zero-order valence-electron chi connectivity index (χ0n) is 40.5. The molecule has 15 rings (SSSR count). The van der Waals surface area contributed by atoms with Gasteiger partial charge in [0.15, 0.2) is 28.6 Å². The maximum Gasteiger partial charge on any atom is 0.164 e. The lowest BCUT2D eigenvalue weighted by Crippen LogP contribution is -2.02. The van der Waals surface area contributed by atoms with Gasteiger partial charge >= 0.3 is 0 Å². The molecule has 0 amide bonds. The molecule has 0 unspecified atom stereocenters. The molecule has 0 aliphatic heterocycles. The Bertz CT molecular complexity index is 4590. The minimum Gasteiger partial charge on any atom is -0.452 e. The third kappa shape index (κ3) is 6.92. The summed E-state index contributed by atoms with van der Waals surface area (Å²) in [5.74, 6) is 1.80. The molecule has 0 spiro atoms. The van der Waals surface area contributed by atoms with Crippen LogP contribution >= 0.6 is 0 Å². The fraction of sp³-hybridized carbons (Fsp3) is 0. The highest BCUT2D eigenvalue weighted by Gasteiger charge is 2.24. The van der Waals surface area contributed by atoms with Crippen LogP contribution in [0, 0.1) is 0 Å². The van der Waals surface area contributed by atoms with Crippen molar-refractivity contribution in [3.05, 3.63) is 261 Å². The third-order valence-electron chi connectivity index (χ3n) is 14.8. The minimum atomic E-state index is 0.586. The van der Waals surface area contributed by atoms with E-state index in [9.17, 15) is 0 Å². The van der Waals surface area contributed by atoms with Gasteiger partial charge in [-0.25, -0.2) is 15.0 Å². The monoisotopic (exact) mass is 957 g/mol. The number of fused-ring (bicyclic) bond motifs is 11. The summed E-state index contributed by atoms with van der Waals surface area (Å²) < 4.78 is 12.1. The van der Waals surface area contributed by atoms with E-state index in [1.807, 2.05) is 12.1 Å². The zero-order chi connectivity index (χ0) is 49.4. The molecule has 0 radical (unpaired) electrons. The summed E-state index contributed by atoms with van der Waals surface area (Å²) in [5.41, 5.74) is 17.4. The Morgan fingerprint density at radius 3 is 1.20 bits per heavy atom. The molecule has 0 saturated heterocycles. The first kappa shape index (κ1) is 42.5. The van der Waals surface area contributed by atoms with Crippen molar-refractivity contribution in [3.63, 3.8) is 0 Å². The Balaban J connectivity index is 0.921. The van der Waals surface area contributed by atoms with Crippen LogP contribution in [0.1, 0.15) is 0 Å². The van der Waals surface area contributed by atoms with Gasteiger partial charge in [0.2, 0.25) is 0 Å². The number of rotatable bonds is 8. The van der Waals surface area contributed by atoms with E-state index < -0.39 is 0 Å². The van der Waals surface area contributed by atoms with E-state index in [1.54, 1.807) is 0 Å². The summed E-state index contributed by atoms with van der Waals surface area (Å²) >= 11 is 0. The normalized spacial score (nSPS) is 11.7. The van der Waals surface area contributed by atoms with Gasteiger partial charge in [-0.05, 0) is 94.0 Å². The topological polar surface area (TPSA) is 61.7 Å². The molecule has 0 bridgehead atoms. The number of benzene rings is 11. The lowest BCUT2D eigenvalue weighted by Gasteiger charge is -2.14. The van der Waals surface area contributed by atoms with E-state index in [0.29, 0.717) is 17.5 Å². The van der Waals surface area contributed by atoms with Crippen molar-refractivity contribution >= 4 is 65.6 Å². The van der Waals surface area contributed by atoms with Gasteiger partial charge in [-0.2, -0.15) is 0 Å². The van der Waals surface area contributed by atoms with E-state index >= 15 is 0 Å². The van der Waals surface area contributed by atoms with Gasteiger partial charge in [0.05, 0.1) is 22.1 Å². The summed E-state index contributed by atoms with van der Waals surface area (Å²) in [5, 5.41) is 6.72. The predicted molar refractivity (Wildman–Crippen MR) is 308 cm³/mol. The van der Waals surface area contributed by atoms with Gasteiger partial charge in [0, 0.05) is 60.4 Å². The molecule has 0 N–H and O–H groups in total. The first-order chi connectivity index (χ1) is 37.2. The smallest absolute Gasteiger partial charge is 0.164 e. The molecule has 0 aliphatic carbocycles. The maximum atomic E-state index is 7.40. The highest BCUT2D eigenvalue weighted by atomic mass is 16.3. The van der Waals surface area contributed by atoms with Crippen molar-refractivity contribution in [2.24, 2.45) is 0 Å². The van der Waals surface area contributed by atoms with Crippen molar-refractivity contribution in [2.45, 2.75) is 0 Å². The fourth-order valence-corrected chi connectivity index (χ4v) is 11.4. The Morgan fingerprint density at radius 2 is 0.667 bits per heavy atom.